The molecule has 0 bridgehead atoms. The van der Waals surface area contributed by atoms with Crippen molar-refractivity contribution in [3.63, 3.8) is 0 Å². The summed E-state index contributed by atoms with van der Waals surface area (Å²) in [5, 5.41) is 0. The van der Waals surface area contributed by atoms with Crippen molar-refractivity contribution in [1.29, 1.82) is 0 Å². The van der Waals surface area contributed by atoms with Crippen LogP contribution in [0.15, 0.2) is 18.2 Å². The zero-order valence-electron chi connectivity index (χ0n) is 19.2. The Morgan fingerprint density at radius 3 is 2.48 bits per heavy atom. The molecule has 6 heteroatoms. The van der Waals surface area contributed by atoms with E-state index in [-0.39, 0.29) is 18.1 Å². The third kappa shape index (κ3) is 5.72. The molecule has 3 fully saturated rings. The second-order valence-electron chi connectivity index (χ2n) is 9.33. The number of rotatable bonds is 7. The molecule has 0 spiro atoms. The van der Waals surface area contributed by atoms with Crippen molar-refractivity contribution in [2.75, 3.05) is 40.4 Å². The van der Waals surface area contributed by atoms with E-state index in [1.54, 1.807) is 12.0 Å². The first-order chi connectivity index (χ1) is 15.1. The van der Waals surface area contributed by atoms with Gasteiger partial charge in [0.1, 0.15) is 6.10 Å². The predicted octanol–water partition coefficient (Wildman–Crippen LogP) is 4.12. The van der Waals surface area contributed by atoms with Crippen LogP contribution >= 0.6 is 0 Å². The summed E-state index contributed by atoms with van der Waals surface area (Å²) in [6.45, 7) is 3.65. The number of amides is 1. The highest BCUT2D eigenvalue weighted by atomic mass is 16.5. The van der Waals surface area contributed by atoms with E-state index in [2.05, 4.69) is 4.90 Å². The number of methoxy groups -OCH3 is 1. The van der Waals surface area contributed by atoms with E-state index >= 15 is 0 Å². The highest BCUT2D eigenvalue weighted by Gasteiger charge is 2.28. The van der Waals surface area contributed by atoms with Crippen molar-refractivity contribution in [3.05, 3.63) is 23.8 Å². The number of likely N-dealkylation sites (N-methyl/N-ethyl adjacent to an activating group) is 1. The number of nitrogens with zero attached hydrogens (tertiary/aromatic N) is 2. The molecular weight excluding hydrogens is 392 g/mol. The molecule has 0 N–H and O–H groups in total. The van der Waals surface area contributed by atoms with Crippen LogP contribution in [0, 0.1) is 0 Å². The van der Waals surface area contributed by atoms with Gasteiger partial charge in [0.15, 0.2) is 11.5 Å². The zero-order valence-corrected chi connectivity index (χ0v) is 19.2. The van der Waals surface area contributed by atoms with Crippen molar-refractivity contribution < 1.29 is 19.0 Å². The number of piperidine rings is 1. The molecule has 1 aromatic rings. The number of hydrogen-bond donors (Lipinski definition) is 0. The van der Waals surface area contributed by atoms with Crippen LogP contribution in [0.5, 0.6) is 11.5 Å². The number of ether oxygens (including phenoxy) is 3. The molecule has 0 unspecified atom stereocenters. The van der Waals surface area contributed by atoms with Gasteiger partial charge < -0.3 is 24.0 Å². The van der Waals surface area contributed by atoms with Crippen LogP contribution in [0.3, 0.4) is 0 Å². The van der Waals surface area contributed by atoms with Gasteiger partial charge in [0.05, 0.1) is 13.2 Å². The largest absolute Gasteiger partial charge is 0.493 e. The molecule has 1 atom stereocenters. The highest BCUT2D eigenvalue weighted by molar-refractivity contribution is 5.94. The van der Waals surface area contributed by atoms with Crippen molar-refractivity contribution in [2.45, 2.75) is 76.0 Å². The van der Waals surface area contributed by atoms with E-state index in [1.807, 2.05) is 25.2 Å². The lowest BCUT2D eigenvalue weighted by Crippen LogP contribution is -2.43. The molecule has 1 aliphatic carbocycles. The Bertz CT molecular complexity index is 720. The molecule has 2 saturated heterocycles. The van der Waals surface area contributed by atoms with Crippen LogP contribution in [0.1, 0.15) is 68.1 Å². The lowest BCUT2D eigenvalue weighted by molar-refractivity contribution is -0.000194. The second kappa shape index (κ2) is 10.7. The molecular formula is C25H38N2O4. The Balaban J connectivity index is 1.32. The van der Waals surface area contributed by atoms with Crippen molar-refractivity contribution >= 4 is 5.91 Å². The van der Waals surface area contributed by atoms with Crippen molar-refractivity contribution in [2.24, 2.45) is 0 Å². The summed E-state index contributed by atoms with van der Waals surface area (Å²) >= 11 is 0. The van der Waals surface area contributed by atoms with Crippen LogP contribution in [0.25, 0.3) is 0 Å². The van der Waals surface area contributed by atoms with Gasteiger partial charge in [0.25, 0.3) is 5.91 Å². The monoisotopic (exact) mass is 430 g/mol. The molecule has 2 aliphatic heterocycles. The Kier molecular flexibility index (Phi) is 7.72. The summed E-state index contributed by atoms with van der Waals surface area (Å²) in [7, 11) is 3.48. The molecule has 4 rings (SSSR count). The molecule has 0 aromatic heterocycles. The SMILES string of the molecule is COc1cc(C(=O)N(C)C[C@H]2CCCCO2)ccc1OC1CCN(C2CCCC2)CC1. The fraction of sp³-hybridized carbons (Fsp3) is 0.720. The standard InChI is InChI=1S/C25H38N2O4/c1-26(18-22-9-5-6-16-30-22)25(28)19-10-11-23(24(17-19)29-2)31-21-12-14-27(15-13-21)20-7-3-4-8-20/h10-11,17,20-22H,3-9,12-16,18H2,1-2H3/t22-/m1/s1. The Morgan fingerprint density at radius 1 is 1.06 bits per heavy atom. The van der Waals surface area contributed by atoms with Crippen LogP contribution in [0.2, 0.25) is 0 Å². The van der Waals surface area contributed by atoms with Crippen molar-refractivity contribution in [1.82, 2.24) is 9.80 Å². The lowest BCUT2D eigenvalue weighted by atomic mass is 10.0. The maximum atomic E-state index is 12.9. The quantitative estimate of drug-likeness (QED) is 0.651. The van der Waals surface area contributed by atoms with Gasteiger partial charge in [-0.1, -0.05) is 12.8 Å². The maximum Gasteiger partial charge on any atom is 0.253 e. The molecule has 1 amide bonds. The first-order valence-corrected chi connectivity index (χ1v) is 12.1. The van der Waals surface area contributed by atoms with Gasteiger partial charge in [-0.2, -0.15) is 0 Å². The fourth-order valence-electron chi connectivity index (χ4n) is 5.27. The highest BCUT2D eigenvalue weighted by Crippen LogP contribution is 2.32. The summed E-state index contributed by atoms with van der Waals surface area (Å²) in [6, 6.07) is 6.34. The summed E-state index contributed by atoms with van der Waals surface area (Å²) in [5.74, 6) is 1.35. The fourth-order valence-corrected chi connectivity index (χ4v) is 5.27. The zero-order chi connectivity index (χ0) is 21.6. The van der Waals surface area contributed by atoms with E-state index < -0.39 is 0 Å². The third-order valence-corrected chi connectivity index (χ3v) is 7.12. The van der Waals surface area contributed by atoms with Gasteiger partial charge in [0, 0.05) is 44.9 Å². The molecule has 6 nitrogen and oxygen atoms in total. The van der Waals surface area contributed by atoms with Crippen molar-refractivity contribution in [3.8, 4) is 11.5 Å². The molecule has 0 radical (unpaired) electrons. The van der Waals surface area contributed by atoms with E-state index in [4.69, 9.17) is 14.2 Å². The molecule has 2 heterocycles. The number of carbonyl (C=O) groups is 1. The van der Waals surface area contributed by atoms with E-state index in [1.165, 1.54) is 32.1 Å². The average Bonchev–Trinajstić information content (AvgIpc) is 3.35. The predicted molar refractivity (Wildman–Crippen MR) is 121 cm³/mol. The van der Waals surface area contributed by atoms with E-state index in [9.17, 15) is 4.79 Å². The molecule has 1 saturated carbocycles. The minimum atomic E-state index is -0.0103. The Morgan fingerprint density at radius 2 is 1.81 bits per heavy atom. The Hall–Kier alpha value is -1.79. The minimum absolute atomic E-state index is 0.0103. The van der Waals surface area contributed by atoms with Crippen LogP contribution in [-0.4, -0.2) is 74.4 Å². The molecule has 31 heavy (non-hydrogen) atoms. The average molecular weight is 431 g/mol. The lowest BCUT2D eigenvalue weighted by Gasteiger charge is -2.36. The second-order valence-corrected chi connectivity index (χ2v) is 9.33. The minimum Gasteiger partial charge on any atom is -0.493 e. The van der Waals surface area contributed by atoms with Crippen LogP contribution < -0.4 is 9.47 Å². The first kappa shape index (κ1) is 22.4. The summed E-state index contributed by atoms with van der Waals surface area (Å²) in [4.78, 5) is 17.3. The van der Waals surface area contributed by atoms with Gasteiger partial charge in [-0.3, -0.25) is 4.79 Å². The molecule has 172 valence electrons. The van der Waals surface area contributed by atoms with Gasteiger partial charge in [0.2, 0.25) is 0 Å². The number of hydrogen-bond acceptors (Lipinski definition) is 5. The van der Waals surface area contributed by atoms with Gasteiger partial charge >= 0.3 is 0 Å². The normalized spacial score (nSPS) is 23.6. The topological polar surface area (TPSA) is 51.2 Å². The first-order valence-electron chi connectivity index (χ1n) is 12.1. The smallest absolute Gasteiger partial charge is 0.253 e. The van der Waals surface area contributed by atoms with Gasteiger partial charge in [-0.25, -0.2) is 0 Å². The molecule has 1 aromatic carbocycles. The Labute approximate surface area is 186 Å². The van der Waals surface area contributed by atoms with Crippen LogP contribution in [-0.2, 0) is 4.74 Å². The molecule has 3 aliphatic rings. The van der Waals surface area contributed by atoms with E-state index in [0.717, 1.165) is 57.2 Å². The van der Waals surface area contributed by atoms with Gasteiger partial charge in [-0.05, 0) is 63.1 Å². The number of carbonyl (C=O) groups excluding carboxylic acids is 1. The van der Waals surface area contributed by atoms with E-state index in [0.29, 0.717) is 17.9 Å². The summed E-state index contributed by atoms with van der Waals surface area (Å²) in [5.41, 5.74) is 0.624. The van der Waals surface area contributed by atoms with Crippen LogP contribution in [0.4, 0.5) is 0 Å². The summed E-state index contributed by atoms with van der Waals surface area (Å²) < 4.78 is 17.7. The third-order valence-electron chi connectivity index (χ3n) is 7.12. The summed E-state index contributed by atoms with van der Waals surface area (Å²) in [6.07, 6.45) is 11.2. The number of likely N-dealkylation sites (tertiary alicyclic amines) is 1. The number of benzene rings is 1. The van der Waals surface area contributed by atoms with Gasteiger partial charge in [-0.15, -0.1) is 0 Å². The maximum absolute atomic E-state index is 12.9.